The summed E-state index contributed by atoms with van der Waals surface area (Å²) < 4.78 is 15.8. The molecular formula is C23H20Cl2N2O6S2. The molecule has 2 heterocycles. The average Bonchev–Trinajstić information content (AvgIpc) is 3.41. The van der Waals surface area contributed by atoms with Crippen LogP contribution >= 0.6 is 46.8 Å². The number of furan rings is 1. The zero-order valence-electron chi connectivity index (χ0n) is 18.8. The molecule has 0 fully saturated rings. The van der Waals surface area contributed by atoms with Gasteiger partial charge in [-0.1, -0.05) is 23.2 Å². The van der Waals surface area contributed by atoms with E-state index < -0.39 is 17.8 Å². The standard InChI is InChI=1S/C23H20Cl2N2O6S2/c1-4-31-21(29)17-11(3)18(22(30)32-5-2)35-20(17)27-23(34)26-19(28)16-9-8-15(33-16)12-6-7-13(24)14(25)10-12/h6-10H,4-5H2,1-3H3,(H2,26,27,28,34). The van der Waals surface area contributed by atoms with Crippen molar-refractivity contribution in [2.45, 2.75) is 20.8 Å². The van der Waals surface area contributed by atoms with Crippen LogP contribution in [0.25, 0.3) is 11.3 Å². The third-order valence-corrected chi connectivity index (χ3v) is 6.71. The number of carbonyl (C=O) groups excluding carboxylic acids is 3. The third kappa shape index (κ3) is 6.21. The summed E-state index contributed by atoms with van der Waals surface area (Å²) >= 11 is 18.2. The molecule has 3 rings (SSSR count). The van der Waals surface area contributed by atoms with Crippen LogP contribution in [0, 0.1) is 6.92 Å². The quantitative estimate of drug-likeness (QED) is 0.266. The van der Waals surface area contributed by atoms with Crippen LogP contribution in [0.4, 0.5) is 5.00 Å². The molecule has 0 atom stereocenters. The summed E-state index contributed by atoms with van der Waals surface area (Å²) in [5.74, 6) is -1.43. The van der Waals surface area contributed by atoms with Crippen molar-refractivity contribution in [1.82, 2.24) is 5.32 Å². The molecule has 8 nitrogen and oxygen atoms in total. The van der Waals surface area contributed by atoms with E-state index in [0.29, 0.717) is 26.9 Å². The number of halogens is 2. The Kier molecular flexibility index (Phi) is 8.90. The molecule has 3 aromatic rings. The summed E-state index contributed by atoms with van der Waals surface area (Å²) in [6.07, 6.45) is 0. The van der Waals surface area contributed by atoms with Gasteiger partial charge in [-0.15, -0.1) is 11.3 Å². The Morgan fingerprint density at radius 2 is 1.71 bits per heavy atom. The maximum Gasteiger partial charge on any atom is 0.348 e. The second-order valence-corrected chi connectivity index (χ2v) is 9.15. The monoisotopic (exact) mass is 554 g/mol. The van der Waals surface area contributed by atoms with Gasteiger partial charge in [0.15, 0.2) is 10.9 Å². The zero-order valence-corrected chi connectivity index (χ0v) is 22.0. The molecule has 2 aromatic heterocycles. The van der Waals surface area contributed by atoms with Crippen molar-refractivity contribution >= 4 is 74.7 Å². The predicted molar refractivity (Wildman–Crippen MR) is 139 cm³/mol. The number of anilines is 1. The molecule has 1 aromatic carbocycles. The SMILES string of the molecule is CCOC(=O)c1sc(NC(=S)NC(=O)c2ccc(-c3ccc(Cl)c(Cl)c3)o2)c(C(=O)OCC)c1C. The number of hydrogen-bond acceptors (Lipinski definition) is 8. The summed E-state index contributed by atoms with van der Waals surface area (Å²) in [5, 5.41) is 6.17. The highest BCUT2D eigenvalue weighted by Gasteiger charge is 2.27. The van der Waals surface area contributed by atoms with Crippen LogP contribution in [-0.2, 0) is 9.47 Å². The molecule has 0 aliphatic rings. The molecule has 0 aliphatic heterocycles. The minimum absolute atomic E-state index is 0.00425. The lowest BCUT2D eigenvalue weighted by molar-refractivity contribution is 0.0527. The minimum atomic E-state index is -0.634. The van der Waals surface area contributed by atoms with Gasteiger partial charge in [0.25, 0.3) is 5.91 Å². The van der Waals surface area contributed by atoms with Crippen LogP contribution in [0.5, 0.6) is 0 Å². The molecule has 0 aliphatic carbocycles. The molecule has 0 unspecified atom stereocenters. The van der Waals surface area contributed by atoms with Gasteiger partial charge in [0.05, 0.1) is 28.8 Å². The van der Waals surface area contributed by atoms with Crippen LogP contribution in [0.1, 0.15) is 50.0 Å². The summed E-state index contributed by atoms with van der Waals surface area (Å²) in [4.78, 5) is 37.7. The van der Waals surface area contributed by atoms with E-state index >= 15 is 0 Å². The largest absolute Gasteiger partial charge is 0.462 e. The van der Waals surface area contributed by atoms with Gasteiger partial charge in [-0.2, -0.15) is 0 Å². The Balaban J connectivity index is 1.77. The smallest absolute Gasteiger partial charge is 0.348 e. The first-order valence-corrected chi connectivity index (χ1v) is 12.3. The van der Waals surface area contributed by atoms with Crippen LogP contribution in [0.3, 0.4) is 0 Å². The molecule has 0 spiro atoms. The van der Waals surface area contributed by atoms with Crippen molar-refractivity contribution in [1.29, 1.82) is 0 Å². The number of thiocarbonyl (C=S) groups is 1. The highest BCUT2D eigenvalue weighted by atomic mass is 35.5. The van der Waals surface area contributed by atoms with Crippen molar-refractivity contribution < 1.29 is 28.3 Å². The van der Waals surface area contributed by atoms with Crippen LogP contribution < -0.4 is 10.6 Å². The molecule has 0 bridgehead atoms. The Morgan fingerprint density at radius 1 is 1.03 bits per heavy atom. The van der Waals surface area contributed by atoms with Gasteiger partial charge in [-0.3, -0.25) is 10.1 Å². The van der Waals surface area contributed by atoms with E-state index in [0.717, 1.165) is 11.3 Å². The van der Waals surface area contributed by atoms with E-state index in [4.69, 9.17) is 49.3 Å². The average molecular weight is 555 g/mol. The maximum atomic E-state index is 12.7. The Hall–Kier alpha value is -2.92. The fraction of sp³-hybridized carbons (Fsp3) is 0.217. The topological polar surface area (TPSA) is 107 Å². The molecule has 0 radical (unpaired) electrons. The zero-order chi connectivity index (χ0) is 25.7. The first-order chi connectivity index (χ1) is 16.7. The fourth-order valence-electron chi connectivity index (χ4n) is 3.01. The highest BCUT2D eigenvalue weighted by Crippen LogP contribution is 2.34. The molecular weight excluding hydrogens is 535 g/mol. The molecule has 35 heavy (non-hydrogen) atoms. The summed E-state index contributed by atoms with van der Waals surface area (Å²) in [5.41, 5.74) is 1.16. The van der Waals surface area contributed by atoms with Gasteiger partial charge in [-0.05, 0) is 68.9 Å². The van der Waals surface area contributed by atoms with Crippen molar-refractivity contribution in [3.8, 4) is 11.3 Å². The van der Waals surface area contributed by atoms with Crippen molar-refractivity contribution in [2.24, 2.45) is 0 Å². The Labute approximate surface area is 220 Å². The van der Waals surface area contributed by atoms with Crippen molar-refractivity contribution in [3.63, 3.8) is 0 Å². The van der Waals surface area contributed by atoms with Crippen LogP contribution in [0.15, 0.2) is 34.7 Å². The van der Waals surface area contributed by atoms with Crippen LogP contribution in [-0.4, -0.2) is 36.2 Å². The van der Waals surface area contributed by atoms with Crippen molar-refractivity contribution in [3.05, 3.63) is 62.1 Å². The molecule has 184 valence electrons. The second-order valence-electron chi connectivity index (χ2n) is 6.90. The number of carbonyl (C=O) groups is 3. The minimum Gasteiger partial charge on any atom is -0.462 e. The summed E-state index contributed by atoms with van der Waals surface area (Å²) in [7, 11) is 0. The lowest BCUT2D eigenvalue weighted by Gasteiger charge is -2.09. The number of ether oxygens (including phenoxy) is 2. The molecule has 2 N–H and O–H groups in total. The number of thiophene rings is 1. The fourth-order valence-corrected chi connectivity index (χ4v) is 4.66. The van der Waals surface area contributed by atoms with Gasteiger partial charge in [0.2, 0.25) is 0 Å². The van der Waals surface area contributed by atoms with E-state index in [2.05, 4.69) is 10.6 Å². The number of rotatable bonds is 7. The van der Waals surface area contributed by atoms with Gasteiger partial charge in [0, 0.05) is 5.56 Å². The van der Waals surface area contributed by atoms with Gasteiger partial charge in [-0.25, -0.2) is 9.59 Å². The normalized spacial score (nSPS) is 10.5. The number of hydrogen-bond donors (Lipinski definition) is 2. The lowest BCUT2D eigenvalue weighted by atomic mass is 10.1. The van der Waals surface area contributed by atoms with Crippen LogP contribution in [0.2, 0.25) is 10.0 Å². The molecule has 0 saturated heterocycles. The Bertz CT molecular complexity index is 1300. The highest BCUT2D eigenvalue weighted by molar-refractivity contribution is 7.80. The number of nitrogens with one attached hydrogen (secondary N) is 2. The molecule has 1 amide bonds. The van der Waals surface area contributed by atoms with Gasteiger partial charge >= 0.3 is 11.9 Å². The van der Waals surface area contributed by atoms with Crippen molar-refractivity contribution in [2.75, 3.05) is 18.5 Å². The summed E-state index contributed by atoms with van der Waals surface area (Å²) in [6.45, 7) is 5.27. The van der Waals surface area contributed by atoms with Gasteiger partial charge in [0.1, 0.15) is 15.6 Å². The lowest BCUT2D eigenvalue weighted by Crippen LogP contribution is -2.34. The van der Waals surface area contributed by atoms with Gasteiger partial charge < -0.3 is 19.2 Å². The first-order valence-electron chi connectivity index (χ1n) is 10.3. The van der Waals surface area contributed by atoms with E-state index in [9.17, 15) is 14.4 Å². The third-order valence-electron chi connectivity index (χ3n) is 4.58. The van der Waals surface area contributed by atoms with E-state index in [-0.39, 0.29) is 39.5 Å². The molecule has 12 heteroatoms. The second kappa shape index (κ2) is 11.7. The number of benzene rings is 1. The number of esters is 2. The Morgan fingerprint density at radius 3 is 2.37 bits per heavy atom. The predicted octanol–water partition coefficient (Wildman–Crippen LogP) is 6.10. The summed E-state index contributed by atoms with van der Waals surface area (Å²) in [6, 6.07) is 8.03. The molecule has 0 saturated carbocycles. The maximum absolute atomic E-state index is 12.7. The van der Waals surface area contributed by atoms with E-state index in [1.54, 1.807) is 45.0 Å². The number of amides is 1. The van der Waals surface area contributed by atoms with E-state index in [1.165, 1.54) is 6.07 Å². The van der Waals surface area contributed by atoms with E-state index in [1.807, 2.05) is 0 Å². The first kappa shape index (κ1) is 26.7.